The molecule has 0 radical (unpaired) electrons. The van der Waals surface area contributed by atoms with Gasteiger partial charge in [0.2, 0.25) is 0 Å². The Morgan fingerprint density at radius 1 is 1.18 bits per heavy atom. The third kappa shape index (κ3) is 7.44. The van der Waals surface area contributed by atoms with E-state index >= 15 is 0 Å². The highest BCUT2D eigenvalue weighted by molar-refractivity contribution is 7.15. The molecule has 39 heavy (non-hydrogen) atoms. The van der Waals surface area contributed by atoms with Crippen molar-refractivity contribution in [1.82, 2.24) is 4.98 Å². The lowest BCUT2D eigenvalue weighted by Gasteiger charge is -2.04. The van der Waals surface area contributed by atoms with Gasteiger partial charge in [0.05, 0.1) is 12.2 Å². The van der Waals surface area contributed by atoms with Crippen molar-refractivity contribution >= 4 is 46.0 Å². The number of nitrogens with zero attached hydrogens (tertiary/aromatic N) is 2. The number of ether oxygens (including phenoxy) is 1. The van der Waals surface area contributed by atoms with Gasteiger partial charge in [-0.15, -0.1) is 11.3 Å². The van der Waals surface area contributed by atoms with E-state index in [2.05, 4.69) is 10.3 Å². The fraction of sp³-hybridized carbons (Fsp3) is 0.200. The fourth-order valence-electron chi connectivity index (χ4n) is 3.60. The van der Waals surface area contributed by atoms with Crippen LogP contribution in [0.1, 0.15) is 51.9 Å². The molecule has 0 atom stereocenters. The zero-order valence-electron chi connectivity index (χ0n) is 21.5. The monoisotopic (exact) mass is 559 g/mol. The van der Waals surface area contributed by atoms with Crippen molar-refractivity contribution in [3.63, 3.8) is 0 Å². The zero-order chi connectivity index (χ0) is 27.8. The van der Waals surface area contributed by atoms with Gasteiger partial charge < -0.3 is 9.15 Å². The minimum Gasteiger partial charge on any atom is -0.462 e. The van der Waals surface area contributed by atoms with E-state index < -0.39 is 5.91 Å². The predicted molar refractivity (Wildman–Crippen MR) is 153 cm³/mol. The van der Waals surface area contributed by atoms with Crippen LogP contribution in [0.2, 0.25) is 5.02 Å². The van der Waals surface area contributed by atoms with Gasteiger partial charge in [-0.3, -0.25) is 10.1 Å². The van der Waals surface area contributed by atoms with Gasteiger partial charge in [-0.25, -0.2) is 9.78 Å². The van der Waals surface area contributed by atoms with Crippen LogP contribution in [-0.2, 0) is 16.0 Å². The maximum Gasteiger partial charge on any atom is 0.338 e. The highest BCUT2D eigenvalue weighted by Crippen LogP contribution is 2.26. The van der Waals surface area contributed by atoms with Crippen molar-refractivity contribution in [2.24, 2.45) is 0 Å². The Kier molecular flexibility index (Phi) is 9.31. The summed E-state index contributed by atoms with van der Waals surface area (Å²) in [5.41, 5.74) is 3.13. The van der Waals surface area contributed by atoms with E-state index in [0.29, 0.717) is 40.3 Å². The fourth-order valence-corrected chi connectivity index (χ4v) is 4.64. The number of nitriles is 1. The quantitative estimate of drug-likeness (QED) is 0.0935. The number of furan rings is 1. The lowest BCUT2D eigenvalue weighted by molar-refractivity contribution is -0.112. The Bertz CT molecular complexity index is 1550. The molecule has 4 rings (SSSR count). The number of halogens is 1. The number of aryl methyl sites for hydroxylation is 1. The molecular formula is C30H26ClN3O4S. The number of hydrogen-bond donors (Lipinski definition) is 1. The van der Waals surface area contributed by atoms with Crippen LogP contribution in [0, 0.1) is 18.3 Å². The average Bonchev–Trinajstić information content (AvgIpc) is 3.59. The van der Waals surface area contributed by atoms with Crippen LogP contribution in [-0.4, -0.2) is 23.5 Å². The smallest absolute Gasteiger partial charge is 0.338 e. The molecule has 0 saturated heterocycles. The summed E-state index contributed by atoms with van der Waals surface area (Å²) >= 11 is 7.55. The first-order chi connectivity index (χ1) is 18.9. The molecule has 0 bridgehead atoms. The van der Waals surface area contributed by atoms with Crippen molar-refractivity contribution in [2.75, 3.05) is 11.9 Å². The SMILES string of the molecule is CCCCOC(=O)c1ccc(-c2ccc(C=C(C#N)C(=O)Nc3ncc(Cc4ccc(C)c(Cl)c4)s3)o2)cc1. The van der Waals surface area contributed by atoms with E-state index in [1.165, 1.54) is 17.4 Å². The Morgan fingerprint density at radius 3 is 2.69 bits per heavy atom. The van der Waals surface area contributed by atoms with Gasteiger partial charge in [-0.1, -0.05) is 49.2 Å². The zero-order valence-corrected chi connectivity index (χ0v) is 23.1. The van der Waals surface area contributed by atoms with Gasteiger partial charge in [-0.05, 0) is 54.8 Å². The minimum atomic E-state index is -0.583. The molecule has 2 aromatic heterocycles. The van der Waals surface area contributed by atoms with Crippen LogP contribution < -0.4 is 5.32 Å². The van der Waals surface area contributed by atoms with Crippen LogP contribution in [0.25, 0.3) is 17.4 Å². The number of nitrogens with one attached hydrogen (secondary N) is 1. The average molecular weight is 560 g/mol. The number of carbonyl (C=O) groups excluding carboxylic acids is 2. The highest BCUT2D eigenvalue weighted by Gasteiger charge is 2.14. The van der Waals surface area contributed by atoms with E-state index in [0.717, 1.165) is 34.4 Å². The van der Waals surface area contributed by atoms with Gasteiger partial charge in [0, 0.05) is 34.2 Å². The highest BCUT2D eigenvalue weighted by atomic mass is 35.5. The van der Waals surface area contributed by atoms with Gasteiger partial charge >= 0.3 is 5.97 Å². The summed E-state index contributed by atoms with van der Waals surface area (Å²) in [6.45, 7) is 4.37. The number of benzene rings is 2. The maximum atomic E-state index is 12.7. The topological polar surface area (TPSA) is 105 Å². The van der Waals surface area contributed by atoms with Crippen molar-refractivity contribution < 1.29 is 18.7 Å². The third-order valence-corrected chi connectivity index (χ3v) is 7.12. The second-order valence-electron chi connectivity index (χ2n) is 8.78. The lowest BCUT2D eigenvalue weighted by Crippen LogP contribution is -2.13. The molecule has 198 valence electrons. The molecule has 0 aliphatic heterocycles. The van der Waals surface area contributed by atoms with E-state index in [4.69, 9.17) is 20.8 Å². The van der Waals surface area contributed by atoms with Gasteiger partial charge in [0.25, 0.3) is 5.91 Å². The van der Waals surface area contributed by atoms with E-state index in [-0.39, 0.29) is 11.5 Å². The number of amides is 1. The van der Waals surface area contributed by atoms with Crippen molar-refractivity contribution in [1.29, 1.82) is 5.26 Å². The van der Waals surface area contributed by atoms with Crippen LogP contribution in [0.15, 0.2) is 70.8 Å². The minimum absolute atomic E-state index is 0.122. The molecule has 9 heteroatoms. The van der Waals surface area contributed by atoms with E-state index in [1.807, 2.05) is 38.1 Å². The largest absolute Gasteiger partial charge is 0.462 e. The van der Waals surface area contributed by atoms with Crippen molar-refractivity contribution in [3.05, 3.63) is 98.7 Å². The number of hydrogen-bond acceptors (Lipinski definition) is 7. The first kappa shape index (κ1) is 27.8. The van der Waals surface area contributed by atoms with Crippen LogP contribution in [0.5, 0.6) is 0 Å². The standard InChI is InChI=1S/C30H26ClN3O4S/c1-3-4-13-37-29(36)22-9-7-21(8-10-22)27-12-11-24(38-27)16-23(17-32)28(35)34-30-33-18-25(39-30)14-20-6-5-19(2)26(31)15-20/h5-12,15-16,18H,3-4,13-14H2,1-2H3,(H,33,34,35). The molecule has 1 amide bonds. The van der Waals surface area contributed by atoms with E-state index in [1.54, 1.807) is 42.6 Å². The molecule has 1 N–H and O–H groups in total. The molecule has 0 spiro atoms. The Labute approximate surface area is 235 Å². The molecule has 0 fully saturated rings. The molecule has 2 heterocycles. The summed E-state index contributed by atoms with van der Waals surface area (Å²) in [6.07, 6.45) is 5.47. The second kappa shape index (κ2) is 13.1. The van der Waals surface area contributed by atoms with Crippen LogP contribution in [0.4, 0.5) is 5.13 Å². The molecule has 0 unspecified atom stereocenters. The van der Waals surface area contributed by atoms with Gasteiger partial charge in [0.1, 0.15) is 23.2 Å². The molecule has 4 aromatic rings. The van der Waals surface area contributed by atoms with Gasteiger partial charge in [-0.2, -0.15) is 5.26 Å². The predicted octanol–water partition coefficient (Wildman–Crippen LogP) is 7.46. The summed E-state index contributed by atoms with van der Waals surface area (Å²) in [5, 5.41) is 13.3. The molecule has 2 aromatic carbocycles. The lowest BCUT2D eigenvalue weighted by atomic mass is 10.1. The number of carbonyl (C=O) groups is 2. The Morgan fingerprint density at radius 2 is 1.97 bits per heavy atom. The number of thiazole rings is 1. The molecule has 0 aliphatic rings. The first-order valence-corrected chi connectivity index (χ1v) is 13.6. The van der Waals surface area contributed by atoms with Crippen molar-refractivity contribution in [2.45, 2.75) is 33.1 Å². The molecular weight excluding hydrogens is 534 g/mol. The second-order valence-corrected chi connectivity index (χ2v) is 10.3. The number of esters is 1. The third-order valence-electron chi connectivity index (χ3n) is 5.80. The summed E-state index contributed by atoms with van der Waals surface area (Å²) in [7, 11) is 0. The summed E-state index contributed by atoms with van der Waals surface area (Å²) in [4.78, 5) is 30.0. The Balaban J connectivity index is 1.39. The van der Waals surface area contributed by atoms with Crippen molar-refractivity contribution in [3.8, 4) is 17.4 Å². The molecule has 7 nitrogen and oxygen atoms in total. The first-order valence-electron chi connectivity index (χ1n) is 12.4. The molecule has 0 saturated carbocycles. The Hall–Kier alpha value is -4.19. The summed E-state index contributed by atoms with van der Waals surface area (Å²) < 4.78 is 11.1. The van der Waals surface area contributed by atoms with Crippen LogP contribution >= 0.6 is 22.9 Å². The molecule has 0 aliphatic carbocycles. The van der Waals surface area contributed by atoms with Gasteiger partial charge in [0.15, 0.2) is 5.13 Å². The van der Waals surface area contributed by atoms with Crippen LogP contribution in [0.3, 0.4) is 0 Å². The maximum absolute atomic E-state index is 12.7. The number of rotatable bonds is 10. The number of unbranched alkanes of at least 4 members (excludes halogenated alkanes) is 1. The van der Waals surface area contributed by atoms with E-state index in [9.17, 15) is 14.9 Å². The number of anilines is 1. The summed E-state index contributed by atoms with van der Waals surface area (Å²) in [6, 6.07) is 18.1. The normalized spacial score (nSPS) is 11.2. The number of aromatic nitrogens is 1. The summed E-state index contributed by atoms with van der Waals surface area (Å²) in [5.74, 6) is -0.0724.